The quantitative estimate of drug-likeness (QED) is 0.753. The van der Waals surface area contributed by atoms with Gasteiger partial charge in [0, 0.05) is 5.39 Å². The van der Waals surface area contributed by atoms with E-state index < -0.39 is 24.3 Å². The number of rotatable bonds is 4. The molecule has 0 aliphatic heterocycles. The third kappa shape index (κ3) is 2.49. The lowest BCUT2D eigenvalue weighted by Gasteiger charge is -2.08. The van der Waals surface area contributed by atoms with Crippen LogP contribution in [0.4, 0.5) is 5.69 Å². The summed E-state index contributed by atoms with van der Waals surface area (Å²) in [7, 11) is 0. The normalized spacial score (nSPS) is 12.3. The smallest absolute Gasteiger partial charge is 0.305 e. The average molecular weight is 248 g/mol. The topological polar surface area (TPSA) is 106 Å². The molecular weight excluding hydrogens is 236 g/mol. The van der Waals surface area contributed by atoms with Crippen molar-refractivity contribution >= 4 is 28.5 Å². The molecule has 6 heteroatoms. The van der Waals surface area contributed by atoms with Gasteiger partial charge in [0.15, 0.2) is 0 Å². The monoisotopic (exact) mass is 248 g/mol. The van der Waals surface area contributed by atoms with Crippen molar-refractivity contribution in [3.8, 4) is 0 Å². The molecule has 0 spiro atoms. The molecule has 0 radical (unpaired) electrons. The predicted octanol–water partition coefficient (Wildman–Crippen LogP) is 1.17. The van der Waals surface area contributed by atoms with Crippen LogP contribution in [0.15, 0.2) is 34.9 Å². The second-order valence-corrected chi connectivity index (χ2v) is 3.84. The Morgan fingerprint density at radius 2 is 2.11 bits per heavy atom. The first-order valence-corrected chi connectivity index (χ1v) is 5.32. The van der Waals surface area contributed by atoms with Gasteiger partial charge in [-0.3, -0.25) is 9.59 Å². The number of carboxylic acid groups (broad SMARTS) is 1. The third-order valence-corrected chi connectivity index (χ3v) is 2.47. The Hall–Kier alpha value is -2.34. The highest BCUT2D eigenvalue weighted by Gasteiger charge is 2.18. The van der Waals surface area contributed by atoms with E-state index in [0.29, 0.717) is 11.3 Å². The van der Waals surface area contributed by atoms with Crippen molar-refractivity contribution in [2.75, 3.05) is 5.32 Å². The van der Waals surface area contributed by atoms with Gasteiger partial charge in [0.2, 0.25) is 5.91 Å². The zero-order valence-corrected chi connectivity index (χ0v) is 9.42. The largest absolute Gasteiger partial charge is 0.481 e. The van der Waals surface area contributed by atoms with Crippen LogP contribution in [0, 0.1) is 0 Å². The standard InChI is InChI=1S/C12H12N2O4/c13-8(5-11(15)16)12(17)14-9-6-18-10-4-2-1-3-7(9)10/h1-4,6,8H,5,13H2,(H,14,17)(H,15,16). The van der Waals surface area contributed by atoms with E-state index in [1.807, 2.05) is 12.1 Å². The number of para-hydroxylation sites is 1. The Morgan fingerprint density at radius 1 is 1.39 bits per heavy atom. The molecule has 0 fully saturated rings. The van der Waals surface area contributed by atoms with Gasteiger partial charge in [-0.05, 0) is 12.1 Å². The molecule has 1 amide bonds. The summed E-state index contributed by atoms with van der Waals surface area (Å²) < 4.78 is 5.24. The Labute approximate surface area is 102 Å². The van der Waals surface area contributed by atoms with Gasteiger partial charge in [0.25, 0.3) is 0 Å². The Morgan fingerprint density at radius 3 is 2.83 bits per heavy atom. The SMILES string of the molecule is NC(CC(=O)O)C(=O)Nc1coc2ccccc12. The second kappa shape index (κ2) is 4.89. The number of benzene rings is 1. The number of aliphatic carboxylic acids is 1. The molecule has 1 atom stereocenters. The van der Waals surface area contributed by atoms with Crippen molar-refractivity contribution in [2.24, 2.45) is 5.73 Å². The number of carbonyl (C=O) groups is 2. The molecule has 0 saturated heterocycles. The molecule has 0 aliphatic carbocycles. The predicted molar refractivity (Wildman–Crippen MR) is 65.1 cm³/mol. The number of amides is 1. The molecule has 0 aliphatic rings. The first-order valence-electron chi connectivity index (χ1n) is 5.32. The van der Waals surface area contributed by atoms with Crippen LogP contribution in [0.1, 0.15) is 6.42 Å². The first-order chi connectivity index (χ1) is 8.58. The molecule has 6 nitrogen and oxygen atoms in total. The van der Waals surface area contributed by atoms with Gasteiger partial charge in [-0.1, -0.05) is 12.1 Å². The molecular formula is C12H12N2O4. The van der Waals surface area contributed by atoms with Crippen molar-refractivity contribution in [2.45, 2.75) is 12.5 Å². The zero-order valence-electron chi connectivity index (χ0n) is 9.42. The highest BCUT2D eigenvalue weighted by Crippen LogP contribution is 2.25. The van der Waals surface area contributed by atoms with Crippen LogP contribution >= 0.6 is 0 Å². The van der Waals surface area contributed by atoms with Gasteiger partial charge in [0.1, 0.15) is 11.8 Å². The lowest BCUT2D eigenvalue weighted by atomic mass is 10.2. The number of carbonyl (C=O) groups excluding carboxylic acids is 1. The second-order valence-electron chi connectivity index (χ2n) is 3.84. The van der Waals surface area contributed by atoms with Crippen molar-refractivity contribution in [1.29, 1.82) is 0 Å². The summed E-state index contributed by atoms with van der Waals surface area (Å²) in [4.78, 5) is 22.1. The molecule has 2 aromatic rings. The van der Waals surface area contributed by atoms with Gasteiger partial charge < -0.3 is 20.6 Å². The van der Waals surface area contributed by atoms with Gasteiger partial charge >= 0.3 is 5.97 Å². The van der Waals surface area contributed by atoms with Crippen LogP contribution in [-0.2, 0) is 9.59 Å². The number of nitrogens with two attached hydrogens (primary N) is 1. The third-order valence-electron chi connectivity index (χ3n) is 2.47. The van der Waals surface area contributed by atoms with Gasteiger partial charge in [-0.2, -0.15) is 0 Å². The lowest BCUT2D eigenvalue weighted by molar-refractivity contribution is -0.138. The number of hydrogen-bond acceptors (Lipinski definition) is 4. The molecule has 1 aromatic carbocycles. The maximum absolute atomic E-state index is 11.6. The van der Waals surface area contributed by atoms with E-state index in [2.05, 4.69) is 5.32 Å². The van der Waals surface area contributed by atoms with Gasteiger partial charge in [-0.15, -0.1) is 0 Å². The number of carboxylic acids is 1. The zero-order chi connectivity index (χ0) is 13.1. The Balaban J connectivity index is 2.14. The van der Waals surface area contributed by atoms with Crippen LogP contribution in [-0.4, -0.2) is 23.0 Å². The van der Waals surface area contributed by atoms with Crippen LogP contribution in [0.2, 0.25) is 0 Å². The molecule has 1 unspecified atom stereocenters. The molecule has 18 heavy (non-hydrogen) atoms. The van der Waals surface area contributed by atoms with E-state index in [0.717, 1.165) is 5.39 Å². The number of anilines is 1. The summed E-state index contributed by atoms with van der Waals surface area (Å²) >= 11 is 0. The number of nitrogens with one attached hydrogen (secondary N) is 1. The highest BCUT2D eigenvalue weighted by molar-refractivity contribution is 6.03. The summed E-state index contributed by atoms with van der Waals surface area (Å²) in [6, 6.07) is 6.09. The van der Waals surface area contributed by atoms with Crippen molar-refractivity contribution in [1.82, 2.24) is 0 Å². The van der Waals surface area contributed by atoms with Crippen LogP contribution in [0.5, 0.6) is 0 Å². The lowest BCUT2D eigenvalue weighted by Crippen LogP contribution is -2.37. The molecule has 0 saturated carbocycles. The van der Waals surface area contributed by atoms with E-state index in [1.54, 1.807) is 12.1 Å². The van der Waals surface area contributed by atoms with Crippen molar-refractivity contribution < 1.29 is 19.1 Å². The van der Waals surface area contributed by atoms with E-state index in [4.69, 9.17) is 15.3 Å². The average Bonchev–Trinajstić information content (AvgIpc) is 2.72. The molecule has 94 valence electrons. The summed E-state index contributed by atoms with van der Waals surface area (Å²) in [5, 5.41) is 11.8. The number of fused-ring (bicyclic) bond motifs is 1. The first kappa shape index (κ1) is 12.1. The molecule has 1 heterocycles. The van der Waals surface area contributed by atoms with Gasteiger partial charge in [-0.25, -0.2) is 0 Å². The van der Waals surface area contributed by atoms with E-state index >= 15 is 0 Å². The Kier molecular flexibility index (Phi) is 3.29. The summed E-state index contributed by atoms with van der Waals surface area (Å²) in [6.45, 7) is 0. The molecule has 4 N–H and O–H groups in total. The van der Waals surface area contributed by atoms with Crippen molar-refractivity contribution in [3.05, 3.63) is 30.5 Å². The number of furan rings is 1. The fraction of sp³-hybridized carbons (Fsp3) is 0.167. The van der Waals surface area contributed by atoms with Crippen LogP contribution in [0.3, 0.4) is 0 Å². The van der Waals surface area contributed by atoms with E-state index in [9.17, 15) is 9.59 Å². The molecule has 1 aromatic heterocycles. The number of hydrogen-bond donors (Lipinski definition) is 3. The molecule has 0 bridgehead atoms. The minimum absolute atomic E-state index is 0.415. The fourth-order valence-electron chi connectivity index (χ4n) is 1.58. The summed E-state index contributed by atoms with van der Waals surface area (Å²) in [5.41, 5.74) is 6.58. The van der Waals surface area contributed by atoms with Gasteiger partial charge in [0.05, 0.1) is 18.2 Å². The van der Waals surface area contributed by atoms with Crippen molar-refractivity contribution in [3.63, 3.8) is 0 Å². The minimum Gasteiger partial charge on any atom is -0.481 e. The maximum Gasteiger partial charge on any atom is 0.305 e. The fourth-order valence-corrected chi connectivity index (χ4v) is 1.58. The highest BCUT2D eigenvalue weighted by atomic mass is 16.4. The Bertz CT molecular complexity index is 591. The maximum atomic E-state index is 11.6. The summed E-state index contributed by atoms with van der Waals surface area (Å²) in [6.07, 6.45) is 0.984. The minimum atomic E-state index is -1.12. The molecule has 2 rings (SSSR count). The van der Waals surface area contributed by atoms with Crippen LogP contribution in [0.25, 0.3) is 11.0 Å². The summed E-state index contributed by atoms with van der Waals surface area (Å²) in [5.74, 6) is -1.67. The van der Waals surface area contributed by atoms with Crippen LogP contribution < -0.4 is 11.1 Å². The van der Waals surface area contributed by atoms with E-state index in [-0.39, 0.29) is 0 Å². The van der Waals surface area contributed by atoms with E-state index in [1.165, 1.54) is 6.26 Å².